The van der Waals surface area contributed by atoms with E-state index < -0.39 is 5.54 Å². The van der Waals surface area contributed by atoms with E-state index >= 15 is 0 Å². The monoisotopic (exact) mass is 267 g/mol. The highest BCUT2D eigenvalue weighted by Crippen LogP contribution is 2.38. The summed E-state index contributed by atoms with van der Waals surface area (Å²) in [7, 11) is 1.34. The molecule has 2 rings (SSSR count). The average molecular weight is 267 g/mol. The summed E-state index contributed by atoms with van der Waals surface area (Å²) in [6, 6.07) is 5.89. The molecule has 0 bridgehead atoms. The summed E-state index contributed by atoms with van der Waals surface area (Å²) >= 11 is 0. The van der Waals surface area contributed by atoms with Gasteiger partial charge in [-0.25, -0.2) is 4.39 Å². The number of ether oxygens (including phenoxy) is 1. The van der Waals surface area contributed by atoms with Crippen molar-refractivity contribution in [3.05, 3.63) is 35.6 Å². The topological polar surface area (TPSA) is 58.6 Å². The molecule has 0 amide bonds. The Labute approximate surface area is 111 Å². The van der Waals surface area contributed by atoms with Crippen LogP contribution >= 0.6 is 0 Å². The van der Waals surface area contributed by atoms with E-state index in [1.54, 1.807) is 19.1 Å². The quantitative estimate of drug-likeness (QED) is 0.813. The molecule has 1 aromatic rings. The van der Waals surface area contributed by atoms with Crippen molar-refractivity contribution in [2.45, 2.75) is 24.9 Å². The average Bonchev–Trinajstić information content (AvgIpc) is 2.77. The van der Waals surface area contributed by atoms with E-state index in [9.17, 15) is 14.3 Å². The molecule has 1 aromatic carbocycles. The molecule has 19 heavy (non-hydrogen) atoms. The molecule has 0 spiro atoms. The Bertz CT molecular complexity index is 462. The van der Waals surface area contributed by atoms with Gasteiger partial charge in [0.25, 0.3) is 0 Å². The van der Waals surface area contributed by atoms with Crippen molar-refractivity contribution in [2.75, 3.05) is 13.7 Å². The van der Waals surface area contributed by atoms with E-state index in [-0.39, 0.29) is 30.4 Å². The van der Waals surface area contributed by atoms with Crippen molar-refractivity contribution in [2.24, 2.45) is 5.92 Å². The third kappa shape index (κ3) is 2.62. The van der Waals surface area contributed by atoms with Gasteiger partial charge < -0.3 is 9.84 Å². The number of esters is 1. The van der Waals surface area contributed by atoms with Crippen LogP contribution in [0.5, 0.6) is 0 Å². The first kappa shape index (κ1) is 14.0. The minimum absolute atomic E-state index is 0.0401. The number of methoxy groups -OCH3 is 1. The normalized spacial score (nSPS) is 30.3. The highest BCUT2D eigenvalue weighted by Gasteiger charge is 2.47. The van der Waals surface area contributed by atoms with Crippen molar-refractivity contribution in [3.8, 4) is 0 Å². The summed E-state index contributed by atoms with van der Waals surface area (Å²) in [6.45, 7) is 1.71. The van der Waals surface area contributed by atoms with Gasteiger partial charge >= 0.3 is 5.97 Å². The molecule has 0 unspecified atom stereocenters. The van der Waals surface area contributed by atoms with Gasteiger partial charge in [0.15, 0.2) is 0 Å². The Balaban J connectivity index is 2.25. The molecule has 1 fully saturated rings. The van der Waals surface area contributed by atoms with Crippen molar-refractivity contribution >= 4 is 5.97 Å². The molecule has 4 nitrogen and oxygen atoms in total. The number of rotatable bonds is 3. The SMILES string of the molecule is COC(=O)[C@@]1(C)C[C@H](CO)[C@@H](c2ccc(F)cc2)N1. The summed E-state index contributed by atoms with van der Waals surface area (Å²) in [5.41, 5.74) is 0.0364. The molecule has 1 saturated heterocycles. The van der Waals surface area contributed by atoms with Gasteiger partial charge in [-0.15, -0.1) is 0 Å². The number of hydrogen-bond donors (Lipinski definition) is 2. The fraction of sp³-hybridized carbons (Fsp3) is 0.500. The minimum Gasteiger partial charge on any atom is -0.468 e. The molecule has 3 atom stereocenters. The van der Waals surface area contributed by atoms with Crippen LogP contribution in [-0.4, -0.2) is 30.3 Å². The lowest BCUT2D eigenvalue weighted by atomic mass is 9.91. The van der Waals surface area contributed by atoms with E-state index in [0.29, 0.717) is 6.42 Å². The van der Waals surface area contributed by atoms with Crippen LogP contribution in [0.1, 0.15) is 24.9 Å². The Morgan fingerprint density at radius 2 is 2.16 bits per heavy atom. The molecule has 1 aliphatic rings. The van der Waals surface area contributed by atoms with Crippen LogP contribution in [0.4, 0.5) is 4.39 Å². The standard InChI is InChI=1S/C14H18FNO3/c1-14(13(18)19-2)7-10(8-17)12(16-14)9-3-5-11(15)6-4-9/h3-6,10,12,16-17H,7-8H2,1-2H3/t10-,12-,14-/m1/s1. The minimum atomic E-state index is -0.818. The molecule has 0 aromatic heterocycles. The Kier molecular flexibility index (Phi) is 3.87. The van der Waals surface area contributed by atoms with E-state index in [1.165, 1.54) is 19.2 Å². The van der Waals surface area contributed by atoms with Gasteiger partial charge in [0.2, 0.25) is 0 Å². The van der Waals surface area contributed by atoms with Gasteiger partial charge in [-0.05, 0) is 31.0 Å². The van der Waals surface area contributed by atoms with Crippen LogP contribution < -0.4 is 5.32 Å². The zero-order chi connectivity index (χ0) is 14.0. The molecule has 1 aliphatic heterocycles. The first-order chi connectivity index (χ1) is 9.00. The van der Waals surface area contributed by atoms with Crippen LogP contribution in [0.15, 0.2) is 24.3 Å². The molecule has 2 N–H and O–H groups in total. The maximum Gasteiger partial charge on any atom is 0.325 e. The lowest BCUT2D eigenvalue weighted by Gasteiger charge is -2.22. The Morgan fingerprint density at radius 3 is 2.68 bits per heavy atom. The predicted octanol–water partition coefficient (Wildman–Crippen LogP) is 1.40. The maximum absolute atomic E-state index is 12.9. The zero-order valence-electron chi connectivity index (χ0n) is 11.0. The van der Waals surface area contributed by atoms with Crippen LogP contribution in [-0.2, 0) is 9.53 Å². The summed E-state index contributed by atoms with van der Waals surface area (Å²) < 4.78 is 17.7. The first-order valence-electron chi connectivity index (χ1n) is 6.22. The van der Waals surface area contributed by atoms with Crippen LogP contribution in [0, 0.1) is 11.7 Å². The number of halogens is 1. The van der Waals surface area contributed by atoms with Gasteiger partial charge in [-0.3, -0.25) is 10.1 Å². The Hall–Kier alpha value is -1.46. The number of carbonyl (C=O) groups excluding carboxylic acids is 1. The van der Waals surface area contributed by atoms with Crippen LogP contribution in [0.2, 0.25) is 0 Å². The van der Waals surface area contributed by atoms with Gasteiger partial charge in [0.1, 0.15) is 11.4 Å². The second kappa shape index (κ2) is 5.27. The lowest BCUT2D eigenvalue weighted by molar-refractivity contribution is -0.147. The Morgan fingerprint density at radius 1 is 1.53 bits per heavy atom. The van der Waals surface area contributed by atoms with Gasteiger partial charge in [-0.2, -0.15) is 0 Å². The number of nitrogens with one attached hydrogen (secondary N) is 1. The number of benzene rings is 1. The summed E-state index contributed by atoms with van der Waals surface area (Å²) in [4.78, 5) is 11.8. The number of carbonyl (C=O) groups is 1. The zero-order valence-corrected chi connectivity index (χ0v) is 11.0. The summed E-state index contributed by atoms with van der Waals surface area (Å²) in [5.74, 6) is -0.761. The molecular formula is C14H18FNO3. The highest BCUT2D eigenvalue weighted by molar-refractivity contribution is 5.80. The molecule has 1 heterocycles. The lowest BCUT2D eigenvalue weighted by Crippen LogP contribution is -2.45. The molecular weight excluding hydrogens is 249 g/mol. The van der Waals surface area contributed by atoms with Crippen molar-refractivity contribution in [3.63, 3.8) is 0 Å². The fourth-order valence-corrected chi connectivity index (χ4v) is 2.73. The van der Waals surface area contributed by atoms with Crippen LogP contribution in [0.3, 0.4) is 0 Å². The second-order valence-corrected chi connectivity index (χ2v) is 5.14. The van der Waals surface area contributed by atoms with Gasteiger partial charge in [-0.1, -0.05) is 12.1 Å². The second-order valence-electron chi connectivity index (χ2n) is 5.14. The summed E-state index contributed by atoms with van der Waals surface area (Å²) in [6.07, 6.45) is 0.484. The van der Waals surface area contributed by atoms with Crippen molar-refractivity contribution in [1.29, 1.82) is 0 Å². The number of aliphatic hydroxyl groups excluding tert-OH is 1. The molecule has 5 heteroatoms. The maximum atomic E-state index is 12.9. The molecule has 104 valence electrons. The smallest absolute Gasteiger partial charge is 0.325 e. The van der Waals surface area contributed by atoms with Crippen molar-refractivity contribution in [1.82, 2.24) is 5.32 Å². The van der Waals surface area contributed by atoms with Gasteiger partial charge in [0.05, 0.1) is 7.11 Å². The third-order valence-electron chi connectivity index (χ3n) is 3.72. The van der Waals surface area contributed by atoms with E-state index in [2.05, 4.69) is 5.32 Å². The third-order valence-corrected chi connectivity index (χ3v) is 3.72. The number of aliphatic hydroxyl groups is 1. The fourth-order valence-electron chi connectivity index (χ4n) is 2.73. The molecule has 0 aliphatic carbocycles. The first-order valence-corrected chi connectivity index (χ1v) is 6.22. The molecule has 0 saturated carbocycles. The summed E-state index contributed by atoms with van der Waals surface area (Å²) in [5, 5.41) is 12.7. The highest BCUT2D eigenvalue weighted by atomic mass is 19.1. The largest absolute Gasteiger partial charge is 0.468 e. The van der Waals surface area contributed by atoms with Gasteiger partial charge in [0, 0.05) is 18.6 Å². The van der Waals surface area contributed by atoms with E-state index in [0.717, 1.165) is 5.56 Å². The molecule has 0 radical (unpaired) electrons. The van der Waals surface area contributed by atoms with E-state index in [1.807, 2.05) is 0 Å². The van der Waals surface area contributed by atoms with Crippen molar-refractivity contribution < 1.29 is 19.0 Å². The van der Waals surface area contributed by atoms with Crippen LogP contribution in [0.25, 0.3) is 0 Å². The number of hydrogen-bond acceptors (Lipinski definition) is 4. The predicted molar refractivity (Wildman–Crippen MR) is 67.9 cm³/mol. The van der Waals surface area contributed by atoms with E-state index in [4.69, 9.17) is 4.74 Å².